The molecule has 7 nitrogen and oxygen atoms in total. The summed E-state index contributed by atoms with van der Waals surface area (Å²) in [7, 11) is -10.4. The summed E-state index contributed by atoms with van der Waals surface area (Å²) < 4.78 is 135. The van der Waals surface area contributed by atoms with E-state index in [-0.39, 0.29) is 5.02 Å². The first-order valence-corrected chi connectivity index (χ1v) is 9.69. The van der Waals surface area contributed by atoms with Gasteiger partial charge in [0.05, 0.1) is 17.5 Å². The lowest BCUT2D eigenvalue weighted by molar-refractivity contribution is -0.291. The Balaban J connectivity index is 3.34. The molecule has 1 rings (SSSR count). The van der Waals surface area contributed by atoms with E-state index in [0.29, 0.717) is 0 Å². The molecule has 27 heavy (non-hydrogen) atoms. The normalized spacial score (nSPS) is 15.1. The molecule has 0 radical (unpaired) electrons. The van der Waals surface area contributed by atoms with Crippen LogP contribution in [-0.4, -0.2) is 46.4 Å². The molecule has 0 bridgehead atoms. The number of sulfonamides is 1. The Hall–Kier alpha value is -1.13. The minimum Gasteiger partial charge on any atom is -0.264 e. The van der Waals surface area contributed by atoms with Gasteiger partial charge in [0.25, 0.3) is 0 Å². The third kappa shape index (κ3) is 7.42. The smallest absolute Gasteiger partial charge is 0.264 e. The maximum Gasteiger partial charge on any atom is 0.402 e. The summed E-state index contributed by atoms with van der Waals surface area (Å²) in [5, 5.41) is 0.0312. The predicted molar refractivity (Wildman–Crippen MR) is 78.7 cm³/mol. The zero-order valence-corrected chi connectivity index (χ0v) is 15.0. The van der Waals surface area contributed by atoms with E-state index >= 15 is 0 Å². The van der Waals surface area contributed by atoms with Gasteiger partial charge in [0.1, 0.15) is 0 Å². The van der Waals surface area contributed by atoms with Crippen LogP contribution in [0.2, 0.25) is 5.02 Å². The number of alkyl halides is 6. The van der Waals surface area contributed by atoms with Gasteiger partial charge in [-0.05, 0) is 24.3 Å². The number of halogens is 7. The molecule has 1 aromatic rings. The fourth-order valence-corrected chi connectivity index (χ4v) is 3.56. The molecule has 0 fully saturated rings. The van der Waals surface area contributed by atoms with Crippen molar-refractivity contribution in [2.45, 2.75) is 23.3 Å². The molecule has 0 aliphatic rings. The predicted octanol–water partition coefficient (Wildman–Crippen LogP) is 2.55. The molecule has 0 aromatic heterocycles. The van der Waals surface area contributed by atoms with Crippen molar-refractivity contribution in [2.75, 3.05) is 6.61 Å². The number of hydrogen-bond acceptors (Lipinski definition) is 5. The summed E-state index contributed by atoms with van der Waals surface area (Å²) in [5.74, 6) is -4.33. The van der Waals surface area contributed by atoms with Crippen molar-refractivity contribution in [3.63, 3.8) is 0 Å². The number of benzene rings is 1. The molecule has 0 saturated heterocycles. The Morgan fingerprint density at radius 2 is 1.44 bits per heavy atom. The first-order chi connectivity index (χ1) is 11.9. The number of nitrogens with one attached hydrogen (secondary N) is 1. The first kappa shape index (κ1) is 23.9. The van der Waals surface area contributed by atoms with E-state index in [0.717, 1.165) is 29.0 Å². The maximum atomic E-state index is 12.9. The highest BCUT2D eigenvalue weighted by atomic mass is 35.5. The van der Waals surface area contributed by atoms with E-state index in [4.69, 9.17) is 16.2 Å². The summed E-state index contributed by atoms with van der Waals surface area (Å²) in [6.07, 6.45) is -12.0. The highest BCUT2D eigenvalue weighted by molar-refractivity contribution is 7.89. The van der Waals surface area contributed by atoms with E-state index in [2.05, 4.69) is 4.18 Å². The molecule has 16 heteroatoms. The average Bonchev–Trinajstić information content (AvgIpc) is 2.41. The zero-order valence-electron chi connectivity index (χ0n) is 12.6. The Bertz CT molecular complexity index is 839. The van der Waals surface area contributed by atoms with Crippen LogP contribution >= 0.6 is 11.6 Å². The summed E-state index contributed by atoms with van der Waals surface area (Å²) >= 11 is 5.51. The Kier molecular flexibility index (Phi) is 7.16. The average molecular weight is 466 g/mol. The number of hydrogen-bond donors (Lipinski definition) is 2. The second kappa shape index (κ2) is 8.08. The van der Waals surface area contributed by atoms with Crippen molar-refractivity contribution in [2.24, 2.45) is 5.92 Å². The lowest BCUT2D eigenvalue weighted by Crippen LogP contribution is -2.54. The van der Waals surface area contributed by atoms with Crippen LogP contribution in [0.4, 0.5) is 26.3 Å². The minimum absolute atomic E-state index is 0.0312. The monoisotopic (exact) mass is 465 g/mol. The Morgan fingerprint density at radius 1 is 1.00 bits per heavy atom. The van der Waals surface area contributed by atoms with E-state index in [1.807, 2.05) is 0 Å². The molecule has 0 unspecified atom stereocenters. The molecule has 0 amide bonds. The van der Waals surface area contributed by atoms with Crippen LogP contribution < -0.4 is 4.72 Å². The highest BCUT2D eigenvalue weighted by Gasteiger charge is 2.61. The molecule has 0 aliphatic carbocycles. The van der Waals surface area contributed by atoms with Gasteiger partial charge in [0.15, 0.2) is 5.92 Å². The third-order valence-corrected chi connectivity index (χ3v) is 5.13. The van der Waals surface area contributed by atoms with Crippen LogP contribution in [-0.2, 0) is 24.6 Å². The maximum absolute atomic E-state index is 12.9. The summed E-state index contributed by atoms with van der Waals surface area (Å²) in [4.78, 5) is -0.744. The molecule has 0 heterocycles. The van der Waals surface area contributed by atoms with E-state index in [1.54, 1.807) is 0 Å². The third-order valence-electron chi connectivity index (χ3n) is 2.93. The van der Waals surface area contributed by atoms with Gasteiger partial charge in [-0.2, -0.15) is 34.8 Å². The van der Waals surface area contributed by atoms with Crippen LogP contribution in [0.3, 0.4) is 0 Å². The van der Waals surface area contributed by atoms with Gasteiger partial charge >= 0.3 is 22.8 Å². The molecule has 156 valence electrons. The van der Waals surface area contributed by atoms with E-state index in [1.165, 1.54) is 0 Å². The fraction of sp³-hybridized carbons (Fsp3) is 0.455. The Morgan fingerprint density at radius 3 is 1.81 bits per heavy atom. The molecule has 0 aliphatic heterocycles. The minimum atomic E-state index is -6.02. The van der Waals surface area contributed by atoms with Gasteiger partial charge in [-0.3, -0.25) is 4.55 Å². The van der Waals surface area contributed by atoms with Crippen LogP contribution in [0.5, 0.6) is 0 Å². The van der Waals surface area contributed by atoms with Crippen LogP contribution in [0.1, 0.15) is 0 Å². The molecular formula is C11H10ClF6NO6S2. The highest BCUT2D eigenvalue weighted by Crippen LogP contribution is 2.42. The molecule has 1 atom stereocenters. The second-order valence-electron chi connectivity index (χ2n) is 4.95. The Labute approximate surface area is 154 Å². The molecule has 0 spiro atoms. The van der Waals surface area contributed by atoms with Crippen molar-refractivity contribution < 1.29 is 51.9 Å². The van der Waals surface area contributed by atoms with Crippen LogP contribution in [0.15, 0.2) is 29.2 Å². The van der Waals surface area contributed by atoms with Gasteiger partial charge in [0.2, 0.25) is 10.0 Å². The molecule has 2 N–H and O–H groups in total. The number of rotatable bonds is 7. The lowest BCUT2D eigenvalue weighted by Gasteiger charge is -2.30. The van der Waals surface area contributed by atoms with Crippen LogP contribution in [0.25, 0.3) is 0 Å². The lowest BCUT2D eigenvalue weighted by atomic mass is 10.00. The van der Waals surface area contributed by atoms with Crippen molar-refractivity contribution >= 4 is 32.0 Å². The molecular weight excluding hydrogens is 456 g/mol. The first-order valence-electron chi connectivity index (χ1n) is 6.46. The van der Waals surface area contributed by atoms with E-state index in [9.17, 15) is 43.2 Å². The standard InChI is InChI=1S/C11H10ClF6NO6S2/c12-6-1-3-7(4-2-6)26(20,21)19-8(5-25-27(22,23)24)9(10(13,14)15)11(16,17)18/h1-4,8-9,19H,5H2,(H,22,23,24)/t8-/m1/s1. The SMILES string of the molecule is O=S(=O)(O)OC[C@@H](NS(=O)(=O)c1ccc(Cl)cc1)C(C(F)(F)F)C(F)(F)F. The van der Waals surface area contributed by atoms with Crippen molar-refractivity contribution in [1.82, 2.24) is 4.72 Å². The summed E-state index contributed by atoms with van der Waals surface area (Å²) in [6, 6.07) is 0.436. The fourth-order valence-electron chi connectivity index (χ4n) is 1.88. The van der Waals surface area contributed by atoms with Gasteiger partial charge in [-0.25, -0.2) is 17.3 Å². The summed E-state index contributed by atoms with van der Waals surface area (Å²) in [6.45, 7) is -1.98. The molecule has 1 aromatic carbocycles. The quantitative estimate of drug-likeness (QED) is 0.473. The second-order valence-corrected chi connectivity index (χ2v) is 8.20. The zero-order chi connectivity index (χ0) is 21.3. The summed E-state index contributed by atoms with van der Waals surface area (Å²) in [5.41, 5.74) is 0. The largest absolute Gasteiger partial charge is 0.402 e. The van der Waals surface area contributed by atoms with E-state index < -0.39 is 56.2 Å². The van der Waals surface area contributed by atoms with Gasteiger partial charge < -0.3 is 0 Å². The van der Waals surface area contributed by atoms with Crippen molar-refractivity contribution in [3.8, 4) is 0 Å². The van der Waals surface area contributed by atoms with Gasteiger partial charge in [0, 0.05) is 5.02 Å². The van der Waals surface area contributed by atoms with Crippen LogP contribution in [0, 0.1) is 5.92 Å². The van der Waals surface area contributed by atoms with Gasteiger partial charge in [-0.1, -0.05) is 11.6 Å². The molecule has 0 saturated carbocycles. The van der Waals surface area contributed by atoms with Crippen molar-refractivity contribution in [1.29, 1.82) is 0 Å². The van der Waals surface area contributed by atoms with Gasteiger partial charge in [-0.15, -0.1) is 0 Å². The topological polar surface area (TPSA) is 110 Å². The van der Waals surface area contributed by atoms with Crippen molar-refractivity contribution in [3.05, 3.63) is 29.3 Å².